The van der Waals surface area contributed by atoms with Crippen LogP contribution in [-0.2, 0) is 29.8 Å². The highest BCUT2D eigenvalue weighted by molar-refractivity contribution is 7.89. The second-order valence-electron chi connectivity index (χ2n) is 8.56. The Morgan fingerprint density at radius 3 is 2.34 bits per heavy atom. The van der Waals surface area contributed by atoms with Gasteiger partial charge in [0.05, 0.1) is 10.3 Å². The van der Waals surface area contributed by atoms with Crippen molar-refractivity contribution in [3.63, 3.8) is 0 Å². The van der Waals surface area contributed by atoms with Crippen molar-refractivity contribution in [2.75, 3.05) is 25.0 Å². The molecule has 1 saturated heterocycles. The average Bonchev–Trinajstić information content (AvgIpc) is 2.80. The molecule has 1 fully saturated rings. The third kappa shape index (κ3) is 5.37. The Kier molecular flexibility index (Phi) is 7.36. The molecule has 1 aliphatic rings. The second-order valence-corrected chi connectivity index (χ2v) is 10.5. The molecule has 0 aliphatic carbocycles. The lowest BCUT2D eigenvalue weighted by Crippen LogP contribution is -2.35. The van der Waals surface area contributed by atoms with Gasteiger partial charge in [0, 0.05) is 18.8 Å². The van der Waals surface area contributed by atoms with E-state index in [0.29, 0.717) is 24.3 Å². The summed E-state index contributed by atoms with van der Waals surface area (Å²) in [6, 6.07) is 13.9. The standard InChI is InChI=1S/C24H30N2O5S/c1-18-12-13-20(32(29,30)26-14-8-5-9-15-26)16-21(18)25-22(27)17-31-23(28)24(2,3)19-10-6-4-7-11-19/h4,6-7,10-13,16H,5,8-9,14-15,17H2,1-3H3,(H,25,27). The number of carbonyl (C=O) groups excluding carboxylic acids is 2. The summed E-state index contributed by atoms with van der Waals surface area (Å²) in [7, 11) is -3.62. The van der Waals surface area contributed by atoms with E-state index in [4.69, 9.17) is 4.74 Å². The van der Waals surface area contributed by atoms with Crippen molar-refractivity contribution in [3.8, 4) is 0 Å². The van der Waals surface area contributed by atoms with Crippen LogP contribution in [0, 0.1) is 6.92 Å². The van der Waals surface area contributed by atoms with Crippen LogP contribution in [0.25, 0.3) is 0 Å². The van der Waals surface area contributed by atoms with E-state index >= 15 is 0 Å². The van der Waals surface area contributed by atoms with Gasteiger partial charge in [-0.2, -0.15) is 4.31 Å². The molecule has 0 bridgehead atoms. The highest BCUT2D eigenvalue weighted by Gasteiger charge is 2.32. The number of anilines is 1. The summed E-state index contributed by atoms with van der Waals surface area (Å²) in [5.41, 5.74) is 0.982. The third-order valence-corrected chi connectivity index (χ3v) is 7.67. The molecule has 1 heterocycles. The number of rotatable bonds is 7. The van der Waals surface area contributed by atoms with Crippen LogP contribution >= 0.6 is 0 Å². The predicted molar refractivity (Wildman–Crippen MR) is 123 cm³/mol. The first kappa shape index (κ1) is 23.9. The molecular formula is C24H30N2O5S. The fourth-order valence-electron chi connectivity index (χ4n) is 3.62. The largest absolute Gasteiger partial charge is 0.455 e. The van der Waals surface area contributed by atoms with Gasteiger partial charge in [0.25, 0.3) is 5.91 Å². The number of esters is 1. The molecule has 8 heteroatoms. The number of ether oxygens (including phenoxy) is 1. The van der Waals surface area contributed by atoms with Crippen LogP contribution in [0.15, 0.2) is 53.4 Å². The van der Waals surface area contributed by atoms with Gasteiger partial charge in [0.2, 0.25) is 10.0 Å². The summed E-state index contributed by atoms with van der Waals surface area (Å²) < 4.78 is 32.6. The number of nitrogens with one attached hydrogen (secondary N) is 1. The van der Waals surface area contributed by atoms with E-state index in [1.165, 1.54) is 10.4 Å². The molecule has 1 N–H and O–H groups in total. The van der Waals surface area contributed by atoms with Crippen molar-refractivity contribution in [1.82, 2.24) is 4.31 Å². The molecule has 172 valence electrons. The molecule has 2 aromatic carbocycles. The fraction of sp³-hybridized carbons (Fsp3) is 0.417. The Bertz CT molecular complexity index is 1070. The smallest absolute Gasteiger partial charge is 0.316 e. The minimum absolute atomic E-state index is 0.141. The van der Waals surface area contributed by atoms with Gasteiger partial charge in [-0.05, 0) is 56.9 Å². The number of benzene rings is 2. The lowest BCUT2D eigenvalue weighted by atomic mass is 9.85. The Hall–Kier alpha value is -2.71. The molecule has 1 aliphatic heterocycles. The average molecular weight is 459 g/mol. The van der Waals surface area contributed by atoms with Crippen LogP contribution in [0.5, 0.6) is 0 Å². The minimum atomic E-state index is -3.62. The number of aryl methyl sites for hydroxylation is 1. The van der Waals surface area contributed by atoms with Crippen LogP contribution in [0.4, 0.5) is 5.69 Å². The maximum atomic E-state index is 12.9. The minimum Gasteiger partial charge on any atom is -0.455 e. The first-order valence-electron chi connectivity index (χ1n) is 10.8. The number of amides is 1. The SMILES string of the molecule is Cc1ccc(S(=O)(=O)N2CCCCC2)cc1NC(=O)COC(=O)C(C)(C)c1ccccc1. The van der Waals surface area contributed by atoms with Crippen molar-refractivity contribution in [2.45, 2.75) is 50.3 Å². The maximum Gasteiger partial charge on any atom is 0.316 e. The van der Waals surface area contributed by atoms with Crippen LogP contribution in [0.1, 0.15) is 44.2 Å². The Morgan fingerprint density at radius 2 is 1.69 bits per heavy atom. The molecule has 3 rings (SSSR count). The lowest BCUT2D eigenvalue weighted by Gasteiger charge is -2.26. The van der Waals surface area contributed by atoms with Gasteiger partial charge in [-0.3, -0.25) is 9.59 Å². The first-order valence-corrected chi connectivity index (χ1v) is 12.2. The van der Waals surface area contributed by atoms with Gasteiger partial charge in [-0.25, -0.2) is 8.42 Å². The third-order valence-electron chi connectivity index (χ3n) is 5.78. The monoisotopic (exact) mass is 458 g/mol. The Morgan fingerprint density at radius 1 is 1.03 bits per heavy atom. The van der Waals surface area contributed by atoms with E-state index < -0.39 is 33.9 Å². The van der Waals surface area contributed by atoms with Crippen LogP contribution in [-0.4, -0.2) is 44.3 Å². The summed E-state index contributed by atoms with van der Waals surface area (Å²) in [5, 5.41) is 2.67. The van der Waals surface area contributed by atoms with E-state index in [-0.39, 0.29) is 4.90 Å². The Labute approximate surface area is 189 Å². The number of carbonyl (C=O) groups is 2. The van der Waals surface area contributed by atoms with Crippen LogP contribution in [0.3, 0.4) is 0 Å². The van der Waals surface area contributed by atoms with E-state index in [1.807, 2.05) is 30.3 Å². The summed E-state index contributed by atoms with van der Waals surface area (Å²) >= 11 is 0. The zero-order valence-corrected chi connectivity index (χ0v) is 19.6. The number of hydrogen-bond acceptors (Lipinski definition) is 5. The van der Waals surface area contributed by atoms with E-state index in [0.717, 1.165) is 24.8 Å². The molecule has 0 saturated carbocycles. The highest BCUT2D eigenvalue weighted by Crippen LogP contribution is 2.26. The van der Waals surface area contributed by atoms with E-state index in [2.05, 4.69) is 5.32 Å². The molecule has 1 amide bonds. The number of piperidine rings is 1. The predicted octanol–water partition coefficient (Wildman–Crippen LogP) is 3.63. The summed E-state index contributed by atoms with van der Waals surface area (Å²) in [6.45, 7) is 5.80. The van der Waals surface area contributed by atoms with Gasteiger partial charge < -0.3 is 10.1 Å². The van der Waals surface area contributed by atoms with Crippen LogP contribution < -0.4 is 5.32 Å². The van der Waals surface area contributed by atoms with Crippen molar-refractivity contribution in [2.24, 2.45) is 0 Å². The van der Waals surface area contributed by atoms with Gasteiger partial charge >= 0.3 is 5.97 Å². The van der Waals surface area contributed by atoms with E-state index in [9.17, 15) is 18.0 Å². The zero-order chi connectivity index (χ0) is 23.4. The second kappa shape index (κ2) is 9.83. The fourth-order valence-corrected chi connectivity index (χ4v) is 5.16. The molecule has 0 unspecified atom stereocenters. The molecule has 0 aromatic heterocycles. The maximum absolute atomic E-state index is 12.9. The van der Waals surface area contributed by atoms with Gasteiger partial charge in [0.15, 0.2) is 6.61 Å². The summed E-state index contributed by atoms with van der Waals surface area (Å²) in [5.74, 6) is -1.05. The van der Waals surface area contributed by atoms with Crippen molar-refractivity contribution in [1.29, 1.82) is 0 Å². The molecule has 0 spiro atoms. The lowest BCUT2D eigenvalue weighted by molar-refractivity contribution is -0.152. The van der Waals surface area contributed by atoms with Crippen molar-refractivity contribution >= 4 is 27.6 Å². The first-order chi connectivity index (χ1) is 15.1. The molecule has 2 aromatic rings. The van der Waals surface area contributed by atoms with Gasteiger partial charge in [0.1, 0.15) is 0 Å². The number of hydrogen-bond donors (Lipinski definition) is 1. The van der Waals surface area contributed by atoms with Crippen molar-refractivity contribution in [3.05, 3.63) is 59.7 Å². The van der Waals surface area contributed by atoms with Gasteiger partial charge in [-0.1, -0.05) is 42.8 Å². The summed E-state index contributed by atoms with van der Waals surface area (Å²) in [6.07, 6.45) is 2.72. The normalized spacial score (nSPS) is 15.2. The quantitative estimate of drug-likeness (QED) is 0.640. The van der Waals surface area contributed by atoms with Crippen LogP contribution in [0.2, 0.25) is 0 Å². The van der Waals surface area contributed by atoms with E-state index in [1.54, 1.807) is 32.9 Å². The van der Waals surface area contributed by atoms with Crippen molar-refractivity contribution < 1.29 is 22.7 Å². The molecule has 0 radical (unpaired) electrons. The summed E-state index contributed by atoms with van der Waals surface area (Å²) in [4.78, 5) is 25.2. The molecule has 7 nitrogen and oxygen atoms in total. The highest BCUT2D eigenvalue weighted by atomic mass is 32.2. The molecular weight excluding hydrogens is 428 g/mol. The zero-order valence-electron chi connectivity index (χ0n) is 18.8. The molecule has 32 heavy (non-hydrogen) atoms. The topological polar surface area (TPSA) is 92.8 Å². The Balaban J connectivity index is 1.66. The molecule has 0 atom stereocenters. The van der Waals surface area contributed by atoms with Gasteiger partial charge in [-0.15, -0.1) is 0 Å². The number of sulfonamides is 1. The number of nitrogens with zero attached hydrogens (tertiary/aromatic N) is 1.